The van der Waals surface area contributed by atoms with Gasteiger partial charge < -0.3 is 5.32 Å². The number of amides is 3. The fourth-order valence-corrected chi connectivity index (χ4v) is 3.61. The molecular weight excluding hydrogens is 374 g/mol. The van der Waals surface area contributed by atoms with Gasteiger partial charge in [0.25, 0.3) is 5.91 Å². The van der Waals surface area contributed by atoms with Crippen LogP contribution < -0.4 is 10.2 Å². The molecule has 0 bridgehead atoms. The van der Waals surface area contributed by atoms with Gasteiger partial charge in [0.2, 0.25) is 11.8 Å². The maximum absolute atomic E-state index is 12.9. The van der Waals surface area contributed by atoms with Gasteiger partial charge in [0.1, 0.15) is 5.92 Å². The average molecular weight is 395 g/mol. The molecule has 0 saturated heterocycles. The molecule has 0 saturated carbocycles. The highest BCUT2D eigenvalue weighted by molar-refractivity contribution is 8.14. The molecule has 3 amide bonds. The summed E-state index contributed by atoms with van der Waals surface area (Å²) in [7, 11) is 0. The molecule has 6 nitrogen and oxygen atoms in total. The number of hydrogen-bond donors (Lipinski definition) is 1. The maximum Gasteiger partial charge on any atom is 0.260 e. The van der Waals surface area contributed by atoms with E-state index in [-0.39, 0.29) is 22.7 Å². The Labute approximate surface area is 168 Å². The quantitative estimate of drug-likeness (QED) is 0.784. The lowest BCUT2D eigenvalue weighted by Crippen LogP contribution is -2.46. The van der Waals surface area contributed by atoms with E-state index in [4.69, 9.17) is 0 Å². The van der Waals surface area contributed by atoms with Crippen molar-refractivity contribution in [2.45, 2.75) is 20.3 Å². The minimum atomic E-state index is -0.786. The third kappa shape index (κ3) is 4.48. The number of aliphatic imine (C=N–C) groups is 1. The summed E-state index contributed by atoms with van der Waals surface area (Å²) in [5, 5.41) is 3.03. The van der Waals surface area contributed by atoms with E-state index in [1.54, 1.807) is 19.1 Å². The number of nitrogens with one attached hydrogen (secondary N) is 1. The molecule has 2 aromatic rings. The zero-order valence-electron chi connectivity index (χ0n) is 15.7. The number of nitrogens with zero attached hydrogens (tertiary/aromatic N) is 2. The topological polar surface area (TPSA) is 78.8 Å². The van der Waals surface area contributed by atoms with Crippen molar-refractivity contribution >= 4 is 46.0 Å². The number of carbonyl (C=O) groups is 3. The SMILES string of the molecule is CC[C@@H]1C(=O)N=C(SCC(=O)Nc2ccc(C)cc2)N(c2ccccc2)C1=O. The Morgan fingerprint density at radius 3 is 2.43 bits per heavy atom. The monoisotopic (exact) mass is 395 g/mol. The molecule has 144 valence electrons. The Morgan fingerprint density at radius 2 is 1.79 bits per heavy atom. The molecule has 28 heavy (non-hydrogen) atoms. The van der Waals surface area contributed by atoms with Gasteiger partial charge in [-0.2, -0.15) is 4.99 Å². The Morgan fingerprint density at radius 1 is 1.11 bits per heavy atom. The van der Waals surface area contributed by atoms with Gasteiger partial charge in [0.15, 0.2) is 5.17 Å². The number of rotatable bonds is 5. The van der Waals surface area contributed by atoms with Gasteiger partial charge in [0, 0.05) is 5.69 Å². The second kappa shape index (κ2) is 8.84. The first-order valence-electron chi connectivity index (χ1n) is 9.00. The van der Waals surface area contributed by atoms with Crippen LogP contribution >= 0.6 is 11.8 Å². The highest BCUT2D eigenvalue weighted by Crippen LogP contribution is 2.27. The Hall–Kier alpha value is -2.93. The van der Waals surface area contributed by atoms with E-state index in [1.807, 2.05) is 49.4 Å². The summed E-state index contributed by atoms with van der Waals surface area (Å²) in [6.45, 7) is 3.75. The zero-order valence-corrected chi connectivity index (χ0v) is 16.5. The lowest BCUT2D eigenvalue weighted by molar-refractivity contribution is -0.132. The molecule has 0 spiro atoms. The summed E-state index contributed by atoms with van der Waals surface area (Å²) in [4.78, 5) is 42.9. The summed E-state index contributed by atoms with van der Waals surface area (Å²) < 4.78 is 0. The lowest BCUT2D eigenvalue weighted by Gasteiger charge is -2.30. The number of anilines is 2. The van der Waals surface area contributed by atoms with E-state index in [9.17, 15) is 14.4 Å². The number of amidine groups is 1. The van der Waals surface area contributed by atoms with Crippen molar-refractivity contribution in [1.29, 1.82) is 0 Å². The second-order valence-corrected chi connectivity index (χ2v) is 7.35. The molecule has 1 heterocycles. The van der Waals surface area contributed by atoms with Gasteiger partial charge in [-0.05, 0) is 37.6 Å². The van der Waals surface area contributed by atoms with Crippen molar-refractivity contribution in [3.63, 3.8) is 0 Å². The first-order valence-corrected chi connectivity index (χ1v) is 9.99. The van der Waals surface area contributed by atoms with Crippen molar-refractivity contribution in [3.8, 4) is 0 Å². The van der Waals surface area contributed by atoms with E-state index in [1.165, 1.54) is 4.90 Å². The van der Waals surface area contributed by atoms with Crippen LogP contribution in [0.15, 0.2) is 59.6 Å². The number of hydrogen-bond acceptors (Lipinski definition) is 4. The van der Waals surface area contributed by atoms with Crippen molar-refractivity contribution in [2.24, 2.45) is 10.9 Å². The smallest absolute Gasteiger partial charge is 0.260 e. The summed E-state index contributed by atoms with van der Waals surface area (Å²) in [6.07, 6.45) is 0.385. The van der Waals surface area contributed by atoms with Crippen LogP contribution in [0.4, 0.5) is 11.4 Å². The number of para-hydroxylation sites is 1. The van der Waals surface area contributed by atoms with Crippen molar-refractivity contribution in [2.75, 3.05) is 16.0 Å². The predicted octanol–water partition coefficient (Wildman–Crippen LogP) is 3.62. The summed E-state index contributed by atoms with van der Waals surface area (Å²) in [6, 6.07) is 16.5. The largest absolute Gasteiger partial charge is 0.325 e. The normalized spacial score (nSPS) is 16.7. The Bertz CT molecular complexity index is 910. The maximum atomic E-state index is 12.9. The van der Waals surface area contributed by atoms with Gasteiger partial charge in [-0.15, -0.1) is 0 Å². The lowest BCUT2D eigenvalue weighted by atomic mass is 10.0. The zero-order chi connectivity index (χ0) is 20.1. The van der Waals surface area contributed by atoms with Gasteiger partial charge in [-0.1, -0.05) is 54.6 Å². The third-order valence-corrected chi connectivity index (χ3v) is 5.24. The molecule has 0 unspecified atom stereocenters. The highest BCUT2D eigenvalue weighted by Gasteiger charge is 2.37. The van der Waals surface area contributed by atoms with Crippen LogP contribution in [-0.2, 0) is 14.4 Å². The molecular formula is C21H21N3O3S. The van der Waals surface area contributed by atoms with E-state index < -0.39 is 11.8 Å². The highest BCUT2D eigenvalue weighted by atomic mass is 32.2. The molecule has 0 radical (unpaired) electrons. The molecule has 2 aromatic carbocycles. The van der Waals surface area contributed by atoms with E-state index in [2.05, 4.69) is 10.3 Å². The molecule has 1 N–H and O–H groups in total. The van der Waals surface area contributed by atoms with Crippen LogP contribution in [0.2, 0.25) is 0 Å². The van der Waals surface area contributed by atoms with Crippen molar-refractivity contribution in [1.82, 2.24) is 0 Å². The van der Waals surface area contributed by atoms with Crippen LogP contribution in [0.5, 0.6) is 0 Å². The van der Waals surface area contributed by atoms with Crippen molar-refractivity contribution in [3.05, 3.63) is 60.2 Å². The molecule has 1 aliphatic rings. The Kier molecular flexibility index (Phi) is 6.26. The molecule has 0 aliphatic carbocycles. The molecule has 3 rings (SSSR count). The average Bonchev–Trinajstić information content (AvgIpc) is 2.69. The number of aryl methyl sites for hydroxylation is 1. The summed E-state index contributed by atoms with van der Waals surface area (Å²) in [5.41, 5.74) is 2.42. The van der Waals surface area contributed by atoms with E-state index in [0.29, 0.717) is 17.8 Å². The van der Waals surface area contributed by atoms with Crippen LogP contribution in [0, 0.1) is 12.8 Å². The second-order valence-electron chi connectivity index (χ2n) is 6.41. The third-order valence-electron chi connectivity index (χ3n) is 4.30. The first kappa shape index (κ1) is 19.8. The molecule has 1 aliphatic heterocycles. The van der Waals surface area contributed by atoms with Crippen LogP contribution in [0.25, 0.3) is 0 Å². The molecule has 0 aromatic heterocycles. The molecule has 0 fully saturated rings. The van der Waals surface area contributed by atoms with Crippen LogP contribution in [0.3, 0.4) is 0 Å². The standard InChI is InChI=1S/C21H21N3O3S/c1-3-17-19(26)23-21(24(20(17)27)16-7-5-4-6-8-16)28-13-18(25)22-15-11-9-14(2)10-12-15/h4-12,17H,3,13H2,1-2H3,(H,22,25)/t17-/m1/s1. The number of benzene rings is 2. The van der Waals surface area contributed by atoms with Crippen LogP contribution in [0.1, 0.15) is 18.9 Å². The first-order chi connectivity index (χ1) is 13.5. The minimum absolute atomic E-state index is 0.0351. The van der Waals surface area contributed by atoms with Crippen LogP contribution in [-0.4, -0.2) is 28.6 Å². The summed E-state index contributed by atoms with van der Waals surface area (Å²) in [5.74, 6) is -1.75. The predicted molar refractivity (Wildman–Crippen MR) is 112 cm³/mol. The fourth-order valence-electron chi connectivity index (χ4n) is 2.80. The number of thioether (sulfide) groups is 1. The van der Waals surface area contributed by atoms with Crippen molar-refractivity contribution < 1.29 is 14.4 Å². The number of carbonyl (C=O) groups excluding carboxylic acids is 3. The van der Waals surface area contributed by atoms with Gasteiger partial charge in [-0.25, -0.2) is 0 Å². The molecule has 1 atom stereocenters. The minimum Gasteiger partial charge on any atom is -0.325 e. The van der Waals surface area contributed by atoms with Gasteiger partial charge >= 0.3 is 0 Å². The Balaban J connectivity index is 1.75. The van der Waals surface area contributed by atoms with E-state index >= 15 is 0 Å². The van der Waals surface area contributed by atoms with E-state index in [0.717, 1.165) is 17.3 Å². The summed E-state index contributed by atoms with van der Waals surface area (Å²) >= 11 is 1.07. The van der Waals surface area contributed by atoms with Gasteiger partial charge in [0.05, 0.1) is 11.4 Å². The van der Waals surface area contributed by atoms with Gasteiger partial charge in [-0.3, -0.25) is 19.3 Å². The molecule has 7 heteroatoms. The fraction of sp³-hybridized carbons (Fsp3) is 0.238.